The largest absolute Gasteiger partial charge is 0.497 e. The summed E-state index contributed by atoms with van der Waals surface area (Å²) in [6.07, 6.45) is 0.889. The number of hydrogen-bond acceptors (Lipinski definition) is 3. The zero-order chi connectivity index (χ0) is 15.3. The maximum Gasteiger partial charge on any atom is 0.118 e. The third kappa shape index (κ3) is 3.56. The molecular weight excluding hydrogens is 262 g/mol. The summed E-state index contributed by atoms with van der Waals surface area (Å²) in [5.41, 5.74) is 8.43. The number of methoxy groups -OCH3 is 2. The van der Waals surface area contributed by atoms with E-state index < -0.39 is 0 Å². The SMILES string of the molecule is COc1ccc(CC(C)(CN)c2ccc(OC)cc2)cc1. The monoisotopic (exact) mass is 285 g/mol. The Balaban J connectivity index is 2.22. The second kappa shape index (κ2) is 6.64. The summed E-state index contributed by atoms with van der Waals surface area (Å²) in [5, 5.41) is 0. The molecule has 3 nitrogen and oxygen atoms in total. The minimum atomic E-state index is -0.0964. The van der Waals surface area contributed by atoms with Crippen molar-refractivity contribution in [3.63, 3.8) is 0 Å². The second-order valence-corrected chi connectivity index (χ2v) is 5.52. The summed E-state index contributed by atoms with van der Waals surface area (Å²) in [6.45, 7) is 2.78. The number of rotatable bonds is 6. The van der Waals surface area contributed by atoms with E-state index in [4.69, 9.17) is 15.2 Å². The molecule has 0 saturated carbocycles. The normalized spacial score (nSPS) is 13.5. The lowest BCUT2D eigenvalue weighted by Crippen LogP contribution is -2.34. The summed E-state index contributed by atoms with van der Waals surface area (Å²) in [7, 11) is 3.35. The van der Waals surface area contributed by atoms with E-state index in [1.54, 1.807) is 14.2 Å². The van der Waals surface area contributed by atoms with Gasteiger partial charge in [0.15, 0.2) is 0 Å². The fourth-order valence-electron chi connectivity index (χ4n) is 2.48. The molecule has 0 aliphatic heterocycles. The molecule has 1 unspecified atom stereocenters. The van der Waals surface area contributed by atoms with Gasteiger partial charge in [0.05, 0.1) is 14.2 Å². The Morgan fingerprint density at radius 1 is 0.857 bits per heavy atom. The first kappa shape index (κ1) is 15.4. The van der Waals surface area contributed by atoms with Crippen LogP contribution in [0.5, 0.6) is 11.5 Å². The van der Waals surface area contributed by atoms with Gasteiger partial charge in [0.25, 0.3) is 0 Å². The van der Waals surface area contributed by atoms with E-state index in [-0.39, 0.29) is 5.41 Å². The highest BCUT2D eigenvalue weighted by atomic mass is 16.5. The number of ether oxygens (including phenoxy) is 2. The molecule has 0 aliphatic rings. The number of nitrogens with two attached hydrogens (primary N) is 1. The highest BCUT2D eigenvalue weighted by molar-refractivity contribution is 5.35. The van der Waals surface area contributed by atoms with Crippen molar-refractivity contribution in [3.05, 3.63) is 59.7 Å². The van der Waals surface area contributed by atoms with E-state index >= 15 is 0 Å². The van der Waals surface area contributed by atoms with Gasteiger partial charge in [-0.3, -0.25) is 0 Å². The van der Waals surface area contributed by atoms with Crippen molar-refractivity contribution in [2.24, 2.45) is 5.73 Å². The van der Waals surface area contributed by atoms with Crippen LogP contribution in [0.4, 0.5) is 0 Å². The van der Waals surface area contributed by atoms with Crippen molar-refractivity contribution in [3.8, 4) is 11.5 Å². The Labute approximate surface area is 126 Å². The van der Waals surface area contributed by atoms with Crippen LogP contribution in [0.3, 0.4) is 0 Å². The van der Waals surface area contributed by atoms with Gasteiger partial charge in [0.2, 0.25) is 0 Å². The molecule has 3 heteroatoms. The van der Waals surface area contributed by atoms with Crippen molar-refractivity contribution in [1.29, 1.82) is 0 Å². The molecule has 0 heterocycles. The van der Waals surface area contributed by atoms with Gasteiger partial charge in [-0.2, -0.15) is 0 Å². The Morgan fingerprint density at radius 2 is 1.33 bits per heavy atom. The molecule has 0 aromatic heterocycles. The van der Waals surface area contributed by atoms with E-state index in [1.165, 1.54) is 11.1 Å². The molecule has 2 aromatic rings. The molecule has 0 fully saturated rings. The minimum Gasteiger partial charge on any atom is -0.497 e. The van der Waals surface area contributed by atoms with Crippen molar-refractivity contribution >= 4 is 0 Å². The number of hydrogen-bond donors (Lipinski definition) is 1. The maximum atomic E-state index is 6.06. The number of benzene rings is 2. The van der Waals surface area contributed by atoms with Crippen molar-refractivity contribution in [2.45, 2.75) is 18.8 Å². The van der Waals surface area contributed by atoms with Crippen molar-refractivity contribution < 1.29 is 9.47 Å². The van der Waals surface area contributed by atoms with Crippen LogP contribution < -0.4 is 15.2 Å². The Bertz CT molecular complexity index is 563. The highest BCUT2D eigenvalue weighted by Crippen LogP contribution is 2.29. The molecule has 2 N–H and O–H groups in total. The highest BCUT2D eigenvalue weighted by Gasteiger charge is 2.25. The van der Waals surface area contributed by atoms with Crippen LogP contribution in [0.15, 0.2) is 48.5 Å². The molecular formula is C18H23NO2. The Hall–Kier alpha value is -2.00. The van der Waals surface area contributed by atoms with Crippen LogP contribution >= 0.6 is 0 Å². The third-order valence-electron chi connectivity index (χ3n) is 3.99. The third-order valence-corrected chi connectivity index (χ3v) is 3.99. The first-order valence-corrected chi connectivity index (χ1v) is 7.09. The molecule has 0 bridgehead atoms. The summed E-state index contributed by atoms with van der Waals surface area (Å²) < 4.78 is 10.4. The van der Waals surface area contributed by atoms with Crippen LogP contribution in [-0.4, -0.2) is 20.8 Å². The van der Waals surface area contributed by atoms with Crippen LogP contribution in [0.1, 0.15) is 18.1 Å². The lowest BCUT2D eigenvalue weighted by atomic mass is 9.77. The predicted octanol–water partition coefficient (Wildman–Crippen LogP) is 3.16. The van der Waals surface area contributed by atoms with Gasteiger partial charge in [-0.15, -0.1) is 0 Å². The molecule has 0 radical (unpaired) electrons. The Morgan fingerprint density at radius 3 is 1.76 bits per heavy atom. The lowest BCUT2D eigenvalue weighted by molar-refractivity contribution is 0.412. The molecule has 0 saturated heterocycles. The summed E-state index contributed by atoms with van der Waals surface area (Å²) in [5.74, 6) is 1.74. The molecule has 2 aromatic carbocycles. The smallest absolute Gasteiger partial charge is 0.118 e. The maximum absolute atomic E-state index is 6.06. The summed E-state index contributed by atoms with van der Waals surface area (Å²) in [6, 6.07) is 16.3. The molecule has 21 heavy (non-hydrogen) atoms. The van der Waals surface area contributed by atoms with Gasteiger partial charge in [-0.05, 0) is 41.8 Å². The van der Waals surface area contributed by atoms with Gasteiger partial charge in [0.1, 0.15) is 11.5 Å². The first-order valence-electron chi connectivity index (χ1n) is 7.09. The zero-order valence-electron chi connectivity index (χ0n) is 12.9. The van der Waals surface area contributed by atoms with Gasteiger partial charge in [0, 0.05) is 12.0 Å². The topological polar surface area (TPSA) is 44.5 Å². The predicted molar refractivity (Wildman–Crippen MR) is 86.1 cm³/mol. The zero-order valence-corrected chi connectivity index (χ0v) is 12.9. The standard InChI is InChI=1S/C18H23NO2/c1-18(13-19,15-6-10-17(21-3)11-7-15)12-14-4-8-16(20-2)9-5-14/h4-11H,12-13,19H2,1-3H3. The molecule has 2 rings (SSSR count). The molecule has 0 aliphatic carbocycles. The van der Waals surface area contributed by atoms with Gasteiger partial charge in [-0.1, -0.05) is 31.2 Å². The van der Waals surface area contributed by atoms with E-state index in [1.807, 2.05) is 24.3 Å². The van der Waals surface area contributed by atoms with Gasteiger partial charge in [-0.25, -0.2) is 0 Å². The molecule has 112 valence electrons. The lowest BCUT2D eigenvalue weighted by Gasteiger charge is -2.29. The average Bonchev–Trinajstić information content (AvgIpc) is 2.55. The fraction of sp³-hybridized carbons (Fsp3) is 0.333. The molecule has 0 amide bonds. The van der Waals surface area contributed by atoms with E-state index in [0.717, 1.165) is 17.9 Å². The molecule has 0 spiro atoms. The molecule has 1 atom stereocenters. The second-order valence-electron chi connectivity index (χ2n) is 5.52. The Kier molecular flexibility index (Phi) is 4.86. The summed E-state index contributed by atoms with van der Waals surface area (Å²) in [4.78, 5) is 0. The van der Waals surface area contributed by atoms with E-state index in [2.05, 4.69) is 31.2 Å². The van der Waals surface area contributed by atoms with Gasteiger partial charge >= 0.3 is 0 Å². The van der Waals surface area contributed by atoms with Crippen LogP contribution in [0.2, 0.25) is 0 Å². The van der Waals surface area contributed by atoms with E-state index in [9.17, 15) is 0 Å². The van der Waals surface area contributed by atoms with Gasteiger partial charge < -0.3 is 15.2 Å². The van der Waals surface area contributed by atoms with Crippen LogP contribution in [0, 0.1) is 0 Å². The van der Waals surface area contributed by atoms with Crippen molar-refractivity contribution in [1.82, 2.24) is 0 Å². The van der Waals surface area contributed by atoms with E-state index in [0.29, 0.717) is 6.54 Å². The quantitative estimate of drug-likeness (QED) is 0.886. The fourth-order valence-corrected chi connectivity index (χ4v) is 2.48. The first-order chi connectivity index (χ1) is 10.1. The minimum absolute atomic E-state index is 0.0964. The van der Waals surface area contributed by atoms with Crippen molar-refractivity contribution in [2.75, 3.05) is 20.8 Å². The van der Waals surface area contributed by atoms with Crippen LogP contribution in [-0.2, 0) is 11.8 Å². The van der Waals surface area contributed by atoms with Crippen LogP contribution in [0.25, 0.3) is 0 Å². The summed E-state index contributed by atoms with van der Waals surface area (Å²) >= 11 is 0. The average molecular weight is 285 g/mol.